The lowest BCUT2D eigenvalue weighted by atomic mass is 10.2. The maximum absolute atomic E-state index is 11.7. The Morgan fingerprint density at radius 2 is 2.00 bits per heavy atom. The number of halogens is 1. The summed E-state index contributed by atoms with van der Waals surface area (Å²) in [5.41, 5.74) is 1.46. The zero-order chi connectivity index (χ0) is 12.8. The van der Waals surface area contributed by atoms with Crippen molar-refractivity contribution in [3.8, 4) is 0 Å². The Bertz CT molecular complexity index is 531. The van der Waals surface area contributed by atoms with Gasteiger partial charge in [-0.15, -0.1) is 0 Å². The molecule has 0 aliphatic heterocycles. The van der Waals surface area contributed by atoms with Crippen LogP contribution in [0.2, 0.25) is 5.15 Å². The van der Waals surface area contributed by atoms with Gasteiger partial charge in [0.15, 0.2) is 0 Å². The van der Waals surface area contributed by atoms with Crippen molar-refractivity contribution in [2.75, 3.05) is 6.54 Å². The molecular formula is C13H12ClN3O. The minimum atomic E-state index is -0.216. The van der Waals surface area contributed by atoms with Crippen molar-refractivity contribution >= 4 is 17.5 Å². The second-order valence-electron chi connectivity index (χ2n) is 3.71. The van der Waals surface area contributed by atoms with Crippen molar-refractivity contribution in [2.24, 2.45) is 0 Å². The molecule has 0 aromatic carbocycles. The molecular weight excluding hydrogens is 250 g/mol. The van der Waals surface area contributed by atoms with Gasteiger partial charge in [0.1, 0.15) is 10.8 Å². The summed E-state index contributed by atoms with van der Waals surface area (Å²) in [6.45, 7) is 0.553. The van der Waals surface area contributed by atoms with E-state index in [9.17, 15) is 4.79 Å². The molecule has 0 unspecified atom stereocenters. The second-order valence-corrected chi connectivity index (χ2v) is 4.09. The van der Waals surface area contributed by atoms with Crippen molar-refractivity contribution in [3.63, 3.8) is 0 Å². The number of aromatic nitrogens is 2. The Balaban J connectivity index is 1.86. The first-order chi connectivity index (χ1) is 8.75. The standard InChI is InChI=1S/C13H12ClN3O/c14-12-3-1-2-11(17-12)13(18)16-9-6-10-4-7-15-8-5-10/h1-5,7-8H,6,9H2,(H,16,18). The summed E-state index contributed by atoms with van der Waals surface area (Å²) in [6, 6.07) is 8.81. The molecule has 0 bridgehead atoms. The number of amides is 1. The molecule has 92 valence electrons. The summed E-state index contributed by atoms with van der Waals surface area (Å²) in [4.78, 5) is 19.6. The lowest BCUT2D eigenvalue weighted by Gasteiger charge is -2.04. The molecule has 0 saturated carbocycles. The van der Waals surface area contributed by atoms with E-state index < -0.39 is 0 Å². The number of carbonyl (C=O) groups excluding carboxylic acids is 1. The average molecular weight is 262 g/mol. The first-order valence-corrected chi connectivity index (χ1v) is 5.93. The van der Waals surface area contributed by atoms with E-state index in [1.54, 1.807) is 30.6 Å². The van der Waals surface area contributed by atoms with Crippen molar-refractivity contribution in [1.29, 1.82) is 0 Å². The van der Waals surface area contributed by atoms with Crippen LogP contribution in [0.1, 0.15) is 16.1 Å². The van der Waals surface area contributed by atoms with Crippen LogP contribution >= 0.6 is 11.6 Å². The third-order valence-electron chi connectivity index (χ3n) is 2.40. The Morgan fingerprint density at radius 1 is 1.22 bits per heavy atom. The molecule has 2 aromatic rings. The molecule has 4 nitrogen and oxygen atoms in total. The van der Waals surface area contributed by atoms with Crippen LogP contribution in [0.3, 0.4) is 0 Å². The molecule has 1 amide bonds. The first-order valence-electron chi connectivity index (χ1n) is 5.55. The van der Waals surface area contributed by atoms with Gasteiger partial charge in [-0.25, -0.2) is 4.98 Å². The zero-order valence-electron chi connectivity index (χ0n) is 9.64. The summed E-state index contributed by atoms with van der Waals surface area (Å²) >= 11 is 5.72. The van der Waals surface area contributed by atoms with Gasteiger partial charge in [-0.05, 0) is 36.2 Å². The third kappa shape index (κ3) is 3.53. The molecule has 18 heavy (non-hydrogen) atoms. The van der Waals surface area contributed by atoms with E-state index in [0.717, 1.165) is 12.0 Å². The van der Waals surface area contributed by atoms with Crippen molar-refractivity contribution < 1.29 is 4.79 Å². The van der Waals surface area contributed by atoms with E-state index in [4.69, 9.17) is 11.6 Å². The van der Waals surface area contributed by atoms with Crippen LogP contribution in [0, 0.1) is 0 Å². The second kappa shape index (κ2) is 6.12. The predicted molar refractivity (Wildman–Crippen MR) is 69.5 cm³/mol. The first kappa shape index (κ1) is 12.5. The van der Waals surface area contributed by atoms with Crippen LogP contribution in [0.25, 0.3) is 0 Å². The van der Waals surface area contributed by atoms with Gasteiger partial charge in [0.05, 0.1) is 0 Å². The van der Waals surface area contributed by atoms with Gasteiger partial charge >= 0.3 is 0 Å². The quantitative estimate of drug-likeness (QED) is 0.858. The summed E-state index contributed by atoms with van der Waals surface area (Å²) < 4.78 is 0. The lowest BCUT2D eigenvalue weighted by Crippen LogP contribution is -2.26. The zero-order valence-corrected chi connectivity index (χ0v) is 10.4. The van der Waals surface area contributed by atoms with Crippen molar-refractivity contribution in [2.45, 2.75) is 6.42 Å². The maximum Gasteiger partial charge on any atom is 0.269 e. The van der Waals surface area contributed by atoms with E-state index in [0.29, 0.717) is 17.4 Å². The predicted octanol–water partition coefficient (Wildman–Crippen LogP) is 2.10. The minimum Gasteiger partial charge on any atom is -0.350 e. The van der Waals surface area contributed by atoms with Gasteiger partial charge in [-0.1, -0.05) is 17.7 Å². The number of carbonyl (C=O) groups is 1. The van der Waals surface area contributed by atoms with Gasteiger partial charge in [0.25, 0.3) is 5.91 Å². The summed E-state index contributed by atoms with van der Waals surface area (Å²) in [6.07, 6.45) is 4.22. The molecule has 5 heteroatoms. The van der Waals surface area contributed by atoms with E-state index >= 15 is 0 Å². The van der Waals surface area contributed by atoms with E-state index in [-0.39, 0.29) is 5.91 Å². The van der Waals surface area contributed by atoms with Crippen molar-refractivity contribution in [3.05, 3.63) is 59.1 Å². The number of pyridine rings is 2. The van der Waals surface area contributed by atoms with Gasteiger partial charge in [-0.2, -0.15) is 0 Å². The number of rotatable bonds is 4. The maximum atomic E-state index is 11.7. The molecule has 0 saturated heterocycles. The number of nitrogens with one attached hydrogen (secondary N) is 1. The molecule has 2 rings (SSSR count). The van der Waals surface area contributed by atoms with Gasteiger partial charge in [0, 0.05) is 18.9 Å². The molecule has 2 heterocycles. The van der Waals surface area contributed by atoms with Crippen LogP contribution < -0.4 is 5.32 Å². The average Bonchev–Trinajstić information content (AvgIpc) is 2.40. The third-order valence-corrected chi connectivity index (χ3v) is 2.61. The smallest absolute Gasteiger partial charge is 0.269 e. The largest absolute Gasteiger partial charge is 0.350 e. The Morgan fingerprint density at radius 3 is 2.72 bits per heavy atom. The summed E-state index contributed by atoms with van der Waals surface area (Å²) in [5, 5.41) is 3.11. The highest BCUT2D eigenvalue weighted by Gasteiger charge is 2.06. The normalized spacial score (nSPS) is 10.1. The van der Waals surface area contributed by atoms with Crippen molar-refractivity contribution in [1.82, 2.24) is 15.3 Å². The van der Waals surface area contributed by atoms with Crippen LogP contribution in [-0.2, 0) is 6.42 Å². The number of hydrogen-bond donors (Lipinski definition) is 1. The Labute approximate surface area is 110 Å². The fraction of sp³-hybridized carbons (Fsp3) is 0.154. The molecule has 1 N–H and O–H groups in total. The molecule has 0 radical (unpaired) electrons. The molecule has 0 atom stereocenters. The Hall–Kier alpha value is -1.94. The highest BCUT2D eigenvalue weighted by molar-refractivity contribution is 6.29. The lowest BCUT2D eigenvalue weighted by molar-refractivity contribution is 0.0949. The van der Waals surface area contributed by atoms with Crippen LogP contribution in [0.4, 0.5) is 0 Å². The fourth-order valence-electron chi connectivity index (χ4n) is 1.50. The molecule has 0 aliphatic carbocycles. The SMILES string of the molecule is O=C(NCCc1ccncc1)c1cccc(Cl)n1. The van der Waals surface area contributed by atoms with Gasteiger partial charge in [0.2, 0.25) is 0 Å². The summed E-state index contributed by atoms with van der Waals surface area (Å²) in [5.74, 6) is -0.216. The van der Waals surface area contributed by atoms with Crippen LogP contribution in [0.15, 0.2) is 42.7 Å². The molecule has 2 aromatic heterocycles. The highest BCUT2D eigenvalue weighted by Crippen LogP contribution is 2.04. The minimum absolute atomic E-state index is 0.216. The molecule has 0 spiro atoms. The number of nitrogens with zero attached hydrogens (tertiary/aromatic N) is 2. The van der Waals surface area contributed by atoms with Gasteiger partial charge in [-0.3, -0.25) is 9.78 Å². The highest BCUT2D eigenvalue weighted by atomic mass is 35.5. The van der Waals surface area contributed by atoms with E-state index in [1.807, 2.05) is 12.1 Å². The van der Waals surface area contributed by atoms with E-state index in [2.05, 4.69) is 15.3 Å². The van der Waals surface area contributed by atoms with Gasteiger partial charge < -0.3 is 5.32 Å². The monoisotopic (exact) mass is 261 g/mol. The molecule has 0 fully saturated rings. The molecule has 0 aliphatic rings. The Kier molecular flexibility index (Phi) is 4.25. The van der Waals surface area contributed by atoms with Crippen LogP contribution in [0.5, 0.6) is 0 Å². The number of hydrogen-bond acceptors (Lipinski definition) is 3. The van der Waals surface area contributed by atoms with E-state index in [1.165, 1.54) is 0 Å². The topological polar surface area (TPSA) is 54.9 Å². The summed E-state index contributed by atoms with van der Waals surface area (Å²) in [7, 11) is 0. The fourth-order valence-corrected chi connectivity index (χ4v) is 1.66. The van der Waals surface area contributed by atoms with Crippen LogP contribution in [-0.4, -0.2) is 22.4 Å².